The second-order valence-corrected chi connectivity index (χ2v) is 2.22. The molecule has 0 bridgehead atoms. The van der Waals surface area contributed by atoms with E-state index in [9.17, 15) is 4.79 Å². The number of hydrogen-bond donors (Lipinski definition) is 2. The average molecular weight is 180 g/mol. The fraction of sp³-hybridized carbons (Fsp3) is 0.400. The Kier molecular flexibility index (Phi) is 5.97. The normalized spacial score (nSPS) is 9.73. The van der Waals surface area contributed by atoms with Crippen LogP contribution in [-0.4, -0.2) is 29.0 Å². The zero-order valence-corrected chi connectivity index (χ0v) is 6.66. The maximum atomic E-state index is 10.3. The standard InChI is InChI=1S/C5H9O5P/c1-2-5(6)9-3-4-10-11(7)8/h2,7-8H,1,3-4H2. The lowest BCUT2D eigenvalue weighted by atomic mass is 10.6. The Morgan fingerprint density at radius 2 is 2.18 bits per heavy atom. The van der Waals surface area contributed by atoms with Crippen molar-refractivity contribution in [3.63, 3.8) is 0 Å². The summed E-state index contributed by atoms with van der Waals surface area (Å²) in [4.78, 5) is 26.8. The molecule has 0 saturated carbocycles. The minimum atomic E-state index is -2.35. The Morgan fingerprint density at radius 3 is 2.64 bits per heavy atom. The van der Waals surface area contributed by atoms with E-state index < -0.39 is 14.6 Å². The van der Waals surface area contributed by atoms with Crippen LogP contribution in [-0.2, 0) is 14.1 Å². The highest BCUT2D eigenvalue weighted by atomic mass is 31.2. The van der Waals surface area contributed by atoms with Crippen LogP contribution in [0.15, 0.2) is 12.7 Å². The monoisotopic (exact) mass is 180 g/mol. The highest BCUT2D eigenvalue weighted by Gasteiger charge is 1.99. The molecule has 64 valence electrons. The topological polar surface area (TPSA) is 76.0 Å². The van der Waals surface area contributed by atoms with Crippen LogP contribution in [0.3, 0.4) is 0 Å². The summed E-state index contributed by atoms with van der Waals surface area (Å²) in [6.45, 7) is 3.13. The molecular weight excluding hydrogens is 171 g/mol. The van der Waals surface area contributed by atoms with E-state index in [-0.39, 0.29) is 13.2 Å². The van der Waals surface area contributed by atoms with Gasteiger partial charge in [-0.05, 0) is 0 Å². The minimum Gasteiger partial charge on any atom is -0.460 e. The first-order valence-corrected chi connectivity index (χ1v) is 3.93. The predicted molar refractivity (Wildman–Crippen MR) is 38.5 cm³/mol. The summed E-state index contributed by atoms with van der Waals surface area (Å²) in [5.74, 6) is -0.561. The fourth-order valence-electron chi connectivity index (χ4n) is 0.320. The highest BCUT2D eigenvalue weighted by molar-refractivity contribution is 7.39. The molecule has 0 aromatic heterocycles. The Bertz CT molecular complexity index is 135. The lowest BCUT2D eigenvalue weighted by Crippen LogP contribution is -2.06. The van der Waals surface area contributed by atoms with Crippen molar-refractivity contribution in [1.82, 2.24) is 0 Å². The highest BCUT2D eigenvalue weighted by Crippen LogP contribution is 2.23. The van der Waals surface area contributed by atoms with Crippen LogP contribution in [0.25, 0.3) is 0 Å². The third kappa shape index (κ3) is 7.42. The van der Waals surface area contributed by atoms with Crippen molar-refractivity contribution in [3.05, 3.63) is 12.7 Å². The summed E-state index contributed by atoms with van der Waals surface area (Å²) in [7, 11) is -2.35. The zero-order chi connectivity index (χ0) is 8.69. The molecule has 5 nitrogen and oxygen atoms in total. The summed E-state index contributed by atoms with van der Waals surface area (Å²) < 4.78 is 8.75. The van der Waals surface area contributed by atoms with Gasteiger partial charge in [-0.1, -0.05) is 6.58 Å². The number of esters is 1. The van der Waals surface area contributed by atoms with Crippen molar-refractivity contribution in [2.45, 2.75) is 0 Å². The van der Waals surface area contributed by atoms with Gasteiger partial charge < -0.3 is 19.0 Å². The number of rotatable bonds is 5. The van der Waals surface area contributed by atoms with Crippen molar-refractivity contribution in [2.75, 3.05) is 13.2 Å². The van der Waals surface area contributed by atoms with Crippen LogP contribution in [0, 0.1) is 0 Å². The number of carbonyl (C=O) groups excluding carboxylic acids is 1. The summed E-state index contributed by atoms with van der Waals surface area (Å²) in [5.41, 5.74) is 0. The van der Waals surface area contributed by atoms with E-state index in [1.54, 1.807) is 0 Å². The first-order valence-electron chi connectivity index (χ1n) is 2.77. The van der Waals surface area contributed by atoms with Crippen LogP contribution in [0.1, 0.15) is 0 Å². The molecule has 0 saturated heterocycles. The van der Waals surface area contributed by atoms with Gasteiger partial charge >= 0.3 is 14.6 Å². The molecule has 6 heteroatoms. The molecule has 0 atom stereocenters. The molecule has 11 heavy (non-hydrogen) atoms. The van der Waals surface area contributed by atoms with Crippen LogP contribution in [0.5, 0.6) is 0 Å². The van der Waals surface area contributed by atoms with E-state index >= 15 is 0 Å². The molecule has 0 heterocycles. The summed E-state index contributed by atoms with van der Waals surface area (Å²) in [5, 5.41) is 0. The molecular formula is C5H9O5P. The van der Waals surface area contributed by atoms with Gasteiger partial charge in [-0.25, -0.2) is 4.79 Å². The maximum Gasteiger partial charge on any atom is 0.330 e. The van der Waals surface area contributed by atoms with Gasteiger partial charge in [-0.15, -0.1) is 0 Å². The summed E-state index contributed by atoms with van der Waals surface area (Å²) >= 11 is 0. The lowest BCUT2D eigenvalue weighted by molar-refractivity contribution is -0.138. The smallest absolute Gasteiger partial charge is 0.330 e. The molecule has 0 aromatic carbocycles. The van der Waals surface area contributed by atoms with Gasteiger partial charge in [0.2, 0.25) is 0 Å². The van der Waals surface area contributed by atoms with Crippen molar-refractivity contribution >= 4 is 14.6 Å². The first-order chi connectivity index (χ1) is 5.16. The Morgan fingerprint density at radius 1 is 1.55 bits per heavy atom. The molecule has 0 aromatic rings. The van der Waals surface area contributed by atoms with Crippen LogP contribution in [0.2, 0.25) is 0 Å². The second kappa shape index (κ2) is 6.24. The number of hydrogen-bond acceptors (Lipinski definition) is 5. The average Bonchev–Trinajstić information content (AvgIpc) is 1.97. The third-order valence-electron chi connectivity index (χ3n) is 0.701. The number of carbonyl (C=O) groups is 1. The van der Waals surface area contributed by atoms with Gasteiger partial charge in [-0.3, -0.25) is 0 Å². The van der Waals surface area contributed by atoms with Crippen molar-refractivity contribution in [2.24, 2.45) is 0 Å². The van der Waals surface area contributed by atoms with Crippen LogP contribution < -0.4 is 0 Å². The zero-order valence-electron chi connectivity index (χ0n) is 5.77. The Hall–Kier alpha value is -0.480. The Labute approximate surface area is 65.2 Å². The molecule has 0 fully saturated rings. The van der Waals surface area contributed by atoms with E-state index in [0.717, 1.165) is 6.08 Å². The molecule has 0 unspecified atom stereocenters. The summed E-state index contributed by atoms with van der Waals surface area (Å²) in [6, 6.07) is 0. The van der Waals surface area contributed by atoms with Crippen LogP contribution >= 0.6 is 8.60 Å². The van der Waals surface area contributed by atoms with E-state index in [2.05, 4.69) is 15.8 Å². The second-order valence-electron chi connectivity index (χ2n) is 1.46. The fourth-order valence-corrected chi connectivity index (χ4v) is 0.558. The molecule has 0 aliphatic carbocycles. The van der Waals surface area contributed by atoms with Crippen molar-refractivity contribution < 1.29 is 23.8 Å². The van der Waals surface area contributed by atoms with E-state index in [1.807, 2.05) is 0 Å². The largest absolute Gasteiger partial charge is 0.460 e. The molecule has 0 rings (SSSR count). The molecule has 0 aliphatic heterocycles. The molecule has 0 aliphatic rings. The summed E-state index contributed by atoms with van der Waals surface area (Å²) in [6.07, 6.45) is 1.01. The quantitative estimate of drug-likeness (QED) is 0.268. The predicted octanol–water partition coefficient (Wildman–Crippen LogP) is -0.0563. The van der Waals surface area contributed by atoms with Crippen LogP contribution in [0.4, 0.5) is 0 Å². The minimum absolute atomic E-state index is 0.00912. The molecule has 2 N–H and O–H groups in total. The molecule has 0 amide bonds. The first kappa shape index (κ1) is 10.5. The SMILES string of the molecule is C=CC(=O)OCCOP(O)O. The molecule has 0 spiro atoms. The van der Waals surface area contributed by atoms with E-state index in [0.29, 0.717) is 0 Å². The van der Waals surface area contributed by atoms with Gasteiger partial charge in [-0.2, -0.15) is 0 Å². The van der Waals surface area contributed by atoms with Crippen molar-refractivity contribution in [3.8, 4) is 0 Å². The van der Waals surface area contributed by atoms with E-state index in [4.69, 9.17) is 9.79 Å². The number of ether oxygens (including phenoxy) is 1. The molecule has 0 radical (unpaired) electrons. The van der Waals surface area contributed by atoms with Gasteiger partial charge in [0.05, 0.1) is 6.61 Å². The van der Waals surface area contributed by atoms with Gasteiger partial charge in [0.15, 0.2) is 0 Å². The third-order valence-corrected chi connectivity index (χ3v) is 1.11. The van der Waals surface area contributed by atoms with E-state index in [1.165, 1.54) is 0 Å². The van der Waals surface area contributed by atoms with Gasteiger partial charge in [0.25, 0.3) is 0 Å². The van der Waals surface area contributed by atoms with Gasteiger partial charge in [0.1, 0.15) is 6.61 Å². The van der Waals surface area contributed by atoms with Gasteiger partial charge in [0, 0.05) is 6.08 Å². The Balaban J connectivity index is 3.14. The maximum absolute atomic E-state index is 10.3. The van der Waals surface area contributed by atoms with Crippen molar-refractivity contribution in [1.29, 1.82) is 0 Å². The lowest BCUT2D eigenvalue weighted by Gasteiger charge is -2.03.